The molecule has 2 fully saturated rings. The van der Waals surface area contributed by atoms with Crippen molar-refractivity contribution in [3.05, 3.63) is 36.2 Å². The molecule has 0 spiro atoms. The number of nitrogens with zero attached hydrogens (tertiary/aromatic N) is 2. The van der Waals surface area contributed by atoms with Crippen LogP contribution in [0.2, 0.25) is 0 Å². The molecule has 3 heterocycles. The quantitative estimate of drug-likeness (QED) is 0.946. The van der Waals surface area contributed by atoms with E-state index in [0.29, 0.717) is 11.7 Å². The van der Waals surface area contributed by atoms with Gasteiger partial charge in [0.1, 0.15) is 0 Å². The Morgan fingerprint density at radius 2 is 1.81 bits per heavy atom. The van der Waals surface area contributed by atoms with Gasteiger partial charge in [-0.2, -0.15) is 4.98 Å². The number of hydrogen-bond acceptors (Lipinski definition) is 4. The molecule has 0 aliphatic carbocycles. The van der Waals surface area contributed by atoms with E-state index in [4.69, 9.17) is 4.52 Å². The molecule has 4 nitrogen and oxygen atoms in total. The van der Waals surface area contributed by atoms with Crippen molar-refractivity contribution in [3.8, 4) is 11.4 Å². The Balaban J connectivity index is 0.00000132. The largest absolute Gasteiger partial charge is 0.339 e. The van der Waals surface area contributed by atoms with Gasteiger partial charge in [-0.25, -0.2) is 0 Å². The first-order valence-electron chi connectivity index (χ1n) is 7.51. The highest BCUT2D eigenvalue weighted by molar-refractivity contribution is 5.85. The number of aromatic nitrogens is 2. The minimum absolute atomic E-state index is 0. The molecular formula is C16H20ClN3O. The molecule has 2 unspecified atom stereocenters. The molecule has 2 saturated heterocycles. The smallest absolute Gasteiger partial charge is 0.227 e. The topological polar surface area (TPSA) is 51.0 Å². The standard InChI is InChI=1S/C16H19N3O.ClH/c1-2-4-12(5-3-1)16-18-15(20-19-16)10-11-8-13-6-7-14(9-11)17-13;/h1-5,11,13-14,17H,6-10H2;1H. The highest BCUT2D eigenvalue weighted by Gasteiger charge is 2.34. The summed E-state index contributed by atoms with van der Waals surface area (Å²) < 4.78 is 5.43. The summed E-state index contributed by atoms with van der Waals surface area (Å²) in [6.07, 6.45) is 6.09. The fourth-order valence-corrected chi connectivity index (χ4v) is 3.63. The lowest BCUT2D eigenvalue weighted by Gasteiger charge is -2.27. The van der Waals surface area contributed by atoms with Gasteiger partial charge in [0.2, 0.25) is 11.7 Å². The minimum Gasteiger partial charge on any atom is -0.339 e. The summed E-state index contributed by atoms with van der Waals surface area (Å²) in [4.78, 5) is 4.55. The molecule has 0 saturated carbocycles. The lowest BCUT2D eigenvalue weighted by atomic mass is 9.90. The Kier molecular flexibility index (Phi) is 4.27. The van der Waals surface area contributed by atoms with E-state index in [1.165, 1.54) is 25.7 Å². The van der Waals surface area contributed by atoms with Crippen molar-refractivity contribution in [2.45, 2.75) is 44.2 Å². The van der Waals surface area contributed by atoms with Gasteiger partial charge in [0, 0.05) is 24.1 Å². The lowest BCUT2D eigenvalue weighted by molar-refractivity contribution is 0.270. The average molecular weight is 306 g/mol. The second-order valence-corrected chi connectivity index (χ2v) is 6.06. The van der Waals surface area contributed by atoms with Crippen LogP contribution in [0.1, 0.15) is 31.6 Å². The van der Waals surface area contributed by atoms with Crippen LogP contribution in [0.25, 0.3) is 11.4 Å². The molecule has 1 aromatic heterocycles. The summed E-state index contributed by atoms with van der Waals surface area (Å²) in [7, 11) is 0. The molecule has 21 heavy (non-hydrogen) atoms. The van der Waals surface area contributed by atoms with Gasteiger partial charge >= 0.3 is 0 Å². The first kappa shape index (κ1) is 14.5. The molecule has 1 N–H and O–H groups in total. The number of rotatable bonds is 3. The maximum absolute atomic E-state index is 5.43. The maximum atomic E-state index is 5.43. The first-order valence-corrected chi connectivity index (χ1v) is 7.51. The molecule has 4 rings (SSSR count). The predicted molar refractivity (Wildman–Crippen MR) is 83.4 cm³/mol. The second kappa shape index (κ2) is 6.16. The molecule has 5 heteroatoms. The predicted octanol–water partition coefficient (Wildman–Crippen LogP) is 3.23. The van der Waals surface area contributed by atoms with E-state index in [0.717, 1.165) is 30.0 Å². The van der Waals surface area contributed by atoms with Crippen LogP contribution in [-0.4, -0.2) is 22.2 Å². The van der Waals surface area contributed by atoms with Gasteiger partial charge in [0.15, 0.2) is 0 Å². The van der Waals surface area contributed by atoms with Crippen LogP contribution in [-0.2, 0) is 6.42 Å². The number of nitrogens with one attached hydrogen (secondary N) is 1. The van der Waals surface area contributed by atoms with Crippen LogP contribution in [0, 0.1) is 5.92 Å². The zero-order valence-corrected chi connectivity index (χ0v) is 12.7. The zero-order chi connectivity index (χ0) is 13.4. The van der Waals surface area contributed by atoms with Crippen LogP contribution >= 0.6 is 12.4 Å². The Morgan fingerprint density at radius 1 is 1.10 bits per heavy atom. The third kappa shape index (κ3) is 3.11. The normalized spacial score (nSPS) is 27.3. The van der Waals surface area contributed by atoms with Crippen molar-refractivity contribution in [1.82, 2.24) is 15.5 Å². The van der Waals surface area contributed by atoms with E-state index in [1.807, 2.05) is 30.3 Å². The molecule has 2 bridgehead atoms. The highest BCUT2D eigenvalue weighted by Crippen LogP contribution is 2.32. The summed E-state index contributed by atoms with van der Waals surface area (Å²) in [6, 6.07) is 11.4. The monoisotopic (exact) mass is 305 g/mol. The third-order valence-electron chi connectivity index (χ3n) is 4.53. The van der Waals surface area contributed by atoms with Crippen LogP contribution < -0.4 is 5.32 Å². The van der Waals surface area contributed by atoms with Gasteiger partial charge < -0.3 is 9.84 Å². The van der Waals surface area contributed by atoms with Gasteiger partial charge in [-0.15, -0.1) is 12.4 Å². The van der Waals surface area contributed by atoms with Crippen molar-refractivity contribution in [3.63, 3.8) is 0 Å². The van der Waals surface area contributed by atoms with E-state index in [9.17, 15) is 0 Å². The summed E-state index contributed by atoms with van der Waals surface area (Å²) in [5, 5.41) is 7.77. The molecule has 0 radical (unpaired) electrons. The average Bonchev–Trinajstić information content (AvgIpc) is 3.07. The fraction of sp³-hybridized carbons (Fsp3) is 0.500. The zero-order valence-electron chi connectivity index (χ0n) is 11.9. The Hall–Kier alpha value is -1.39. The molecular weight excluding hydrogens is 286 g/mol. The summed E-state index contributed by atoms with van der Waals surface area (Å²) in [6.45, 7) is 0. The van der Waals surface area contributed by atoms with E-state index >= 15 is 0 Å². The van der Waals surface area contributed by atoms with Gasteiger partial charge in [-0.05, 0) is 31.6 Å². The maximum Gasteiger partial charge on any atom is 0.227 e. The summed E-state index contributed by atoms with van der Waals surface area (Å²) in [5.74, 6) is 2.19. The Morgan fingerprint density at radius 3 is 2.52 bits per heavy atom. The van der Waals surface area contributed by atoms with Gasteiger partial charge in [0.05, 0.1) is 0 Å². The van der Waals surface area contributed by atoms with Gasteiger partial charge in [-0.3, -0.25) is 0 Å². The van der Waals surface area contributed by atoms with Crippen molar-refractivity contribution < 1.29 is 4.52 Å². The third-order valence-corrected chi connectivity index (χ3v) is 4.53. The van der Waals surface area contributed by atoms with Crippen molar-refractivity contribution in [2.24, 2.45) is 5.92 Å². The number of hydrogen-bond donors (Lipinski definition) is 1. The number of fused-ring (bicyclic) bond motifs is 2. The Bertz CT molecular complexity index is 574. The van der Waals surface area contributed by atoms with Crippen LogP contribution in [0.3, 0.4) is 0 Å². The Labute approximate surface area is 130 Å². The summed E-state index contributed by atoms with van der Waals surface area (Å²) in [5.41, 5.74) is 1.02. The molecule has 1 aromatic carbocycles. The SMILES string of the molecule is Cl.c1ccc(-c2noc(CC3CC4CCC(C3)N4)n2)cc1. The molecule has 2 aliphatic heterocycles. The molecule has 0 amide bonds. The van der Waals surface area contributed by atoms with Gasteiger partial charge in [0.25, 0.3) is 0 Å². The summed E-state index contributed by atoms with van der Waals surface area (Å²) >= 11 is 0. The number of piperidine rings is 1. The fourth-order valence-electron chi connectivity index (χ4n) is 3.63. The molecule has 112 valence electrons. The number of halogens is 1. The van der Waals surface area contributed by atoms with Crippen molar-refractivity contribution >= 4 is 12.4 Å². The van der Waals surface area contributed by atoms with E-state index < -0.39 is 0 Å². The molecule has 2 aliphatic rings. The van der Waals surface area contributed by atoms with E-state index in [2.05, 4.69) is 15.5 Å². The van der Waals surface area contributed by atoms with E-state index in [1.54, 1.807) is 0 Å². The first-order chi connectivity index (χ1) is 9.87. The van der Waals surface area contributed by atoms with Crippen LogP contribution in [0.4, 0.5) is 0 Å². The van der Waals surface area contributed by atoms with Crippen molar-refractivity contribution in [1.29, 1.82) is 0 Å². The second-order valence-electron chi connectivity index (χ2n) is 6.06. The van der Waals surface area contributed by atoms with Crippen LogP contribution in [0.15, 0.2) is 34.9 Å². The molecule has 2 atom stereocenters. The highest BCUT2D eigenvalue weighted by atomic mass is 35.5. The minimum atomic E-state index is 0. The lowest BCUT2D eigenvalue weighted by Crippen LogP contribution is -2.38. The van der Waals surface area contributed by atoms with Crippen LogP contribution in [0.5, 0.6) is 0 Å². The molecule has 2 aromatic rings. The van der Waals surface area contributed by atoms with E-state index in [-0.39, 0.29) is 12.4 Å². The van der Waals surface area contributed by atoms with Gasteiger partial charge in [-0.1, -0.05) is 35.5 Å². The number of benzene rings is 1. The van der Waals surface area contributed by atoms with Crippen molar-refractivity contribution in [2.75, 3.05) is 0 Å².